The molecule has 0 saturated heterocycles. The molecule has 0 aromatic heterocycles. The van der Waals surface area contributed by atoms with Gasteiger partial charge in [-0.2, -0.15) is 0 Å². The molecular weight excluding hydrogens is 242 g/mol. The minimum absolute atomic E-state index is 0.00489. The molecule has 1 atom stereocenters. The largest absolute Gasteiger partial charge is 0.306 e. The molecule has 86 valence electrons. The zero-order valence-corrected chi connectivity index (χ0v) is 10.9. The van der Waals surface area contributed by atoms with Crippen molar-refractivity contribution < 1.29 is 4.79 Å². The summed E-state index contributed by atoms with van der Waals surface area (Å²) in [5.41, 5.74) is 0.832. The molecule has 0 fully saturated rings. The van der Waals surface area contributed by atoms with Crippen molar-refractivity contribution in [3.05, 3.63) is 41.9 Å². The van der Waals surface area contributed by atoms with Crippen LogP contribution in [0.1, 0.15) is 6.92 Å². The number of nitrogens with zero attached hydrogens (tertiary/aromatic N) is 1. The molecule has 0 unspecified atom stereocenters. The Morgan fingerprint density at radius 2 is 2.06 bits per heavy atom. The van der Waals surface area contributed by atoms with E-state index in [1.54, 1.807) is 30.2 Å². The van der Waals surface area contributed by atoms with Crippen LogP contribution in [-0.4, -0.2) is 17.5 Å². The van der Waals surface area contributed by atoms with Crippen molar-refractivity contribution in [3.63, 3.8) is 0 Å². The molecule has 0 saturated carbocycles. The lowest BCUT2D eigenvalue weighted by molar-refractivity contribution is 0.266. The van der Waals surface area contributed by atoms with Crippen LogP contribution in [0.5, 0.6) is 0 Å². The van der Waals surface area contributed by atoms with E-state index >= 15 is 0 Å². The summed E-state index contributed by atoms with van der Waals surface area (Å²) in [5.74, 6) is 0. The SMILES string of the molecule is C=C[C@@H](C)SC(=O)N(C)c1ccc(Cl)cc1. The number of anilines is 1. The van der Waals surface area contributed by atoms with Gasteiger partial charge in [-0.25, -0.2) is 0 Å². The Labute approximate surface area is 105 Å². The number of hydrogen-bond acceptors (Lipinski definition) is 2. The molecule has 2 nitrogen and oxygen atoms in total. The van der Waals surface area contributed by atoms with Crippen molar-refractivity contribution in [2.75, 3.05) is 11.9 Å². The Morgan fingerprint density at radius 1 is 1.50 bits per heavy atom. The van der Waals surface area contributed by atoms with Gasteiger partial charge in [0.2, 0.25) is 0 Å². The van der Waals surface area contributed by atoms with Crippen LogP contribution in [0.2, 0.25) is 5.02 Å². The Bertz CT molecular complexity index is 377. The third kappa shape index (κ3) is 3.58. The standard InChI is InChI=1S/C12H14ClNOS/c1-4-9(2)16-12(15)14(3)11-7-5-10(13)6-8-11/h4-9H,1H2,2-3H3/t9-/m1/s1. The second-order valence-electron chi connectivity index (χ2n) is 3.36. The molecule has 0 spiro atoms. The van der Waals surface area contributed by atoms with E-state index < -0.39 is 0 Å². The van der Waals surface area contributed by atoms with Crippen molar-refractivity contribution in [1.82, 2.24) is 0 Å². The van der Waals surface area contributed by atoms with Crippen LogP contribution in [0, 0.1) is 0 Å². The Kier molecular flexibility index (Phi) is 4.90. The highest BCUT2D eigenvalue weighted by Gasteiger charge is 2.13. The van der Waals surface area contributed by atoms with Crippen LogP contribution in [0.3, 0.4) is 0 Å². The number of halogens is 1. The Balaban J connectivity index is 2.70. The van der Waals surface area contributed by atoms with E-state index in [-0.39, 0.29) is 10.5 Å². The number of hydrogen-bond donors (Lipinski definition) is 0. The zero-order valence-electron chi connectivity index (χ0n) is 9.31. The van der Waals surface area contributed by atoms with Crippen LogP contribution < -0.4 is 4.90 Å². The van der Waals surface area contributed by atoms with Gasteiger partial charge in [0, 0.05) is 23.0 Å². The quantitative estimate of drug-likeness (QED) is 0.755. The topological polar surface area (TPSA) is 20.3 Å². The fourth-order valence-corrected chi connectivity index (χ4v) is 1.86. The number of amides is 1. The molecule has 0 bridgehead atoms. The van der Waals surface area contributed by atoms with Crippen LogP contribution in [0.15, 0.2) is 36.9 Å². The maximum absolute atomic E-state index is 11.8. The molecule has 0 aliphatic rings. The van der Waals surface area contributed by atoms with E-state index in [9.17, 15) is 4.79 Å². The number of carbonyl (C=O) groups excluding carboxylic acids is 1. The lowest BCUT2D eigenvalue weighted by atomic mass is 10.3. The first-order chi connectivity index (χ1) is 7.54. The smallest absolute Gasteiger partial charge is 0.286 e. The van der Waals surface area contributed by atoms with Gasteiger partial charge in [-0.1, -0.05) is 29.4 Å². The van der Waals surface area contributed by atoms with Gasteiger partial charge in [-0.05, 0) is 31.2 Å². The first kappa shape index (κ1) is 13.1. The monoisotopic (exact) mass is 255 g/mol. The number of thioether (sulfide) groups is 1. The minimum Gasteiger partial charge on any atom is -0.306 e. The summed E-state index contributed by atoms with van der Waals surface area (Å²) in [6.45, 7) is 5.58. The van der Waals surface area contributed by atoms with Gasteiger partial charge < -0.3 is 4.90 Å². The highest BCUT2D eigenvalue weighted by molar-refractivity contribution is 8.14. The van der Waals surface area contributed by atoms with Gasteiger partial charge in [0.25, 0.3) is 5.24 Å². The second kappa shape index (κ2) is 5.97. The summed E-state index contributed by atoms with van der Waals surface area (Å²) >= 11 is 7.02. The number of benzene rings is 1. The summed E-state index contributed by atoms with van der Waals surface area (Å²) in [6, 6.07) is 7.17. The first-order valence-corrected chi connectivity index (χ1v) is 6.13. The van der Waals surface area contributed by atoms with Crippen LogP contribution in [-0.2, 0) is 0 Å². The van der Waals surface area contributed by atoms with Crippen LogP contribution >= 0.6 is 23.4 Å². The summed E-state index contributed by atoms with van der Waals surface area (Å²) in [7, 11) is 1.74. The van der Waals surface area contributed by atoms with Crippen molar-refractivity contribution in [2.24, 2.45) is 0 Å². The predicted molar refractivity (Wildman–Crippen MR) is 72.5 cm³/mol. The minimum atomic E-state index is -0.00489. The second-order valence-corrected chi connectivity index (χ2v) is 5.12. The average Bonchev–Trinajstić information content (AvgIpc) is 2.28. The molecule has 0 aliphatic heterocycles. The number of carbonyl (C=O) groups is 1. The fourth-order valence-electron chi connectivity index (χ4n) is 1.06. The first-order valence-electron chi connectivity index (χ1n) is 4.87. The van der Waals surface area contributed by atoms with Crippen molar-refractivity contribution in [2.45, 2.75) is 12.2 Å². The predicted octanol–water partition coefficient (Wildman–Crippen LogP) is 4.20. The van der Waals surface area contributed by atoms with Crippen molar-refractivity contribution in [3.8, 4) is 0 Å². The molecule has 4 heteroatoms. The Hall–Kier alpha value is -0.930. The third-order valence-electron chi connectivity index (χ3n) is 2.11. The Morgan fingerprint density at radius 3 is 2.56 bits per heavy atom. The van der Waals surface area contributed by atoms with Gasteiger partial charge in [0.05, 0.1) is 0 Å². The molecular formula is C12H14ClNOS. The molecule has 0 N–H and O–H groups in total. The van der Waals surface area contributed by atoms with E-state index in [2.05, 4.69) is 6.58 Å². The molecule has 0 radical (unpaired) electrons. The molecule has 1 rings (SSSR count). The summed E-state index contributed by atoms with van der Waals surface area (Å²) < 4.78 is 0. The van der Waals surface area contributed by atoms with Crippen LogP contribution in [0.4, 0.5) is 10.5 Å². The fraction of sp³-hybridized carbons (Fsp3) is 0.250. The zero-order chi connectivity index (χ0) is 12.1. The normalized spacial score (nSPS) is 11.9. The lowest BCUT2D eigenvalue weighted by Crippen LogP contribution is -2.23. The van der Waals surface area contributed by atoms with Crippen LogP contribution in [0.25, 0.3) is 0 Å². The summed E-state index contributed by atoms with van der Waals surface area (Å²) in [6.07, 6.45) is 1.75. The highest BCUT2D eigenvalue weighted by atomic mass is 35.5. The molecule has 16 heavy (non-hydrogen) atoms. The van der Waals surface area contributed by atoms with E-state index in [4.69, 9.17) is 11.6 Å². The molecule has 0 aliphatic carbocycles. The van der Waals surface area contributed by atoms with E-state index in [0.717, 1.165) is 5.69 Å². The van der Waals surface area contributed by atoms with Gasteiger partial charge in [0.15, 0.2) is 0 Å². The maximum Gasteiger partial charge on any atom is 0.286 e. The summed E-state index contributed by atoms with van der Waals surface area (Å²) in [5, 5.41) is 0.772. The lowest BCUT2D eigenvalue weighted by Gasteiger charge is -2.17. The van der Waals surface area contributed by atoms with E-state index in [1.165, 1.54) is 11.8 Å². The van der Waals surface area contributed by atoms with E-state index in [0.29, 0.717) is 5.02 Å². The van der Waals surface area contributed by atoms with Gasteiger partial charge in [0.1, 0.15) is 0 Å². The summed E-state index contributed by atoms with van der Waals surface area (Å²) in [4.78, 5) is 13.4. The van der Waals surface area contributed by atoms with Gasteiger partial charge in [-0.15, -0.1) is 6.58 Å². The number of rotatable bonds is 3. The molecule has 1 aromatic carbocycles. The maximum atomic E-state index is 11.8. The molecule has 1 aromatic rings. The van der Waals surface area contributed by atoms with Crippen molar-refractivity contribution >= 4 is 34.3 Å². The molecule has 1 amide bonds. The van der Waals surface area contributed by atoms with Gasteiger partial charge >= 0.3 is 0 Å². The average molecular weight is 256 g/mol. The van der Waals surface area contributed by atoms with E-state index in [1.807, 2.05) is 19.1 Å². The van der Waals surface area contributed by atoms with Crippen molar-refractivity contribution in [1.29, 1.82) is 0 Å². The highest BCUT2D eigenvalue weighted by Crippen LogP contribution is 2.22. The van der Waals surface area contributed by atoms with Gasteiger partial charge in [-0.3, -0.25) is 4.79 Å². The third-order valence-corrected chi connectivity index (χ3v) is 3.40. The molecule has 0 heterocycles.